The first-order valence-electron chi connectivity index (χ1n) is 14.0. The highest BCUT2D eigenvalue weighted by Crippen LogP contribution is 2.38. The standard InChI is InChI=1S/C30H26F2N6O5S/c1-42-25-9-17(6-7-33-25)12-36(19-3-2-8-35(13-19)18-4-5-24(34-11-18)38(40)41)14-22-28(39)21-10-23(31)26(32)29-27(21)37-20(15-43-29)16-44-30(22)37/h4-7,9-11,16,19H,2-3,8,12-15H2,1H3/t19-/m0/s1. The molecule has 0 unspecified atom stereocenters. The van der Waals surface area contributed by atoms with Gasteiger partial charge in [0, 0.05) is 61.5 Å². The third-order valence-electron chi connectivity index (χ3n) is 8.26. The molecule has 14 heteroatoms. The summed E-state index contributed by atoms with van der Waals surface area (Å²) in [7, 11) is 1.55. The van der Waals surface area contributed by atoms with Crippen LogP contribution in [0.25, 0.3) is 15.7 Å². The minimum absolute atomic E-state index is 0.0237. The molecule has 2 aliphatic heterocycles. The molecule has 6 heterocycles. The molecule has 1 aromatic carbocycles. The molecule has 0 spiro atoms. The summed E-state index contributed by atoms with van der Waals surface area (Å²) in [5.41, 5.74) is 2.82. The number of anilines is 1. The van der Waals surface area contributed by atoms with E-state index in [1.54, 1.807) is 19.4 Å². The minimum Gasteiger partial charge on any atom is -0.482 e. The Balaban J connectivity index is 1.30. The number of piperidine rings is 1. The normalized spacial score (nSPS) is 16.2. The third kappa shape index (κ3) is 4.79. The van der Waals surface area contributed by atoms with E-state index in [9.17, 15) is 23.7 Å². The minimum atomic E-state index is -1.13. The zero-order valence-electron chi connectivity index (χ0n) is 23.5. The van der Waals surface area contributed by atoms with Crippen molar-refractivity contribution in [2.75, 3.05) is 25.1 Å². The van der Waals surface area contributed by atoms with E-state index in [1.165, 1.54) is 23.6 Å². The molecule has 0 radical (unpaired) electrons. The van der Waals surface area contributed by atoms with Crippen molar-refractivity contribution >= 4 is 38.6 Å². The molecule has 11 nitrogen and oxygen atoms in total. The van der Waals surface area contributed by atoms with Gasteiger partial charge in [0.2, 0.25) is 11.7 Å². The van der Waals surface area contributed by atoms with Crippen molar-refractivity contribution < 1.29 is 23.2 Å². The van der Waals surface area contributed by atoms with Crippen molar-refractivity contribution in [1.29, 1.82) is 0 Å². The maximum absolute atomic E-state index is 14.7. The van der Waals surface area contributed by atoms with Crippen molar-refractivity contribution in [2.45, 2.75) is 38.6 Å². The van der Waals surface area contributed by atoms with Crippen LogP contribution in [0.5, 0.6) is 11.6 Å². The lowest BCUT2D eigenvalue weighted by Gasteiger charge is -2.40. The zero-order valence-corrected chi connectivity index (χ0v) is 24.4. The molecule has 0 saturated carbocycles. The van der Waals surface area contributed by atoms with Crippen LogP contribution in [0.2, 0.25) is 0 Å². The van der Waals surface area contributed by atoms with Gasteiger partial charge < -0.3 is 24.5 Å². The van der Waals surface area contributed by atoms with Gasteiger partial charge in [-0.2, -0.15) is 4.39 Å². The van der Waals surface area contributed by atoms with Crippen LogP contribution in [0, 0.1) is 21.7 Å². The first kappa shape index (κ1) is 28.1. The fourth-order valence-electron chi connectivity index (χ4n) is 6.15. The Morgan fingerprint density at radius 2 is 2.09 bits per heavy atom. The van der Waals surface area contributed by atoms with Crippen LogP contribution in [0.3, 0.4) is 0 Å². The van der Waals surface area contributed by atoms with Crippen LogP contribution in [-0.4, -0.2) is 50.4 Å². The van der Waals surface area contributed by atoms with Crippen molar-refractivity contribution in [2.24, 2.45) is 0 Å². The Kier molecular flexibility index (Phi) is 7.09. The second kappa shape index (κ2) is 11.1. The number of benzene rings is 1. The highest BCUT2D eigenvalue weighted by atomic mass is 32.1. The number of pyridine rings is 3. The van der Waals surface area contributed by atoms with Crippen LogP contribution in [0.15, 0.2) is 52.9 Å². The lowest BCUT2D eigenvalue weighted by Crippen LogP contribution is -2.48. The molecule has 2 aliphatic rings. The fraction of sp³-hybridized carbons (Fsp3) is 0.300. The second-order valence-corrected chi connectivity index (χ2v) is 11.7. The maximum Gasteiger partial charge on any atom is 0.363 e. The van der Waals surface area contributed by atoms with Gasteiger partial charge in [-0.3, -0.25) is 14.1 Å². The molecule has 226 valence electrons. The van der Waals surface area contributed by atoms with E-state index in [0.29, 0.717) is 29.4 Å². The average molecular weight is 621 g/mol. The molecular weight excluding hydrogens is 594 g/mol. The summed E-state index contributed by atoms with van der Waals surface area (Å²) in [5.74, 6) is -2.23. The SMILES string of the molecule is COc1cc(CN(Cc2c(=O)c3cc(F)c(F)c4c3n3c(csc23)CO4)[C@H]2CCCN(c3ccc([N+](=O)[O-])nc3)C2)ccn1. The van der Waals surface area contributed by atoms with Gasteiger partial charge in [-0.05, 0) is 46.5 Å². The van der Waals surface area contributed by atoms with E-state index in [2.05, 4.69) is 19.8 Å². The number of ether oxygens (including phenoxy) is 2. The summed E-state index contributed by atoms with van der Waals surface area (Å²) in [6.07, 6.45) is 4.86. The smallest absolute Gasteiger partial charge is 0.363 e. The predicted octanol–water partition coefficient (Wildman–Crippen LogP) is 5.06. The highest BCUT2D eigenvalue weighted by molar-refractivity contribution is 7.15. The Labute approximate surface area is 253 Å². The van der Waals surface area contributed by atoms with Crippen molar-refractivity contribution in [3.8, 4) is 11.6 Å². The zero-order chi connectivity index (χ0) is 30.5. The van der Waals surface area contributed by atoms with Gasteiger partial charge in [0.1, 0.15) is 17.0 Å². The lowest BCUT2D eigenvalue weighted by molar-refractivity contribution is -0.389. The fourth-order valence-corrected chi connectivity index (χ4v) is 7.18. The van der Waals surface area contributed by atoms with Crippen LogP contribution >= 0.6 is 11.3 Å². The van der Waals surface area contributed by atoms with Gasteiger partial charge in [0.05, 0.1) is 23.9 Å². The largest absolute Gasteiger partial charge is 0.482 e. The third-order valence-corrected chi connectivity index (χ3v) is 9.31. The van der Waals surface area contributed by atoms with E-state index in [4.69, 9.17) is 9.47 Å². The van der Waals surface area contributed by atoms with Crippen LogP contribution in [0.1, 0.15) is 29.7 Å². The molecule has 7 rings (SSSR count). The number of thiazole rings is 1. The Morgan fingerprint density at radius 1 is 1.23 bits per heavy atom. The average Bonchev–Trinajstić information content (AvgIpc) is 3.48. The van der Waals surface area contributed by atoms with E-state index in [1.807, 2.05) is 21.9 Å². The maximum atomic E-state index is 14.7. The molecule has 5 aromatic rings. The monoisotopic (exact) mass is 620 g/mol. The highest BCUT2D eigenvalue weighted by Gasteiger charge is 2.31. The van der Waals surface area contributed by atoms with E-state index in [-0.39, 0.29) is 47.1 Å². The van der Waals surface area contributed by atoms with E-state index in [0.717, 1.165) is 42.4 Å². The summed E-state index contributed by atoms with van der Waals surface area (Å²) in [4.78, 5) is 37.9. The summed E-state index contributed by atoms with van der Waals surface area (Å²) in [6.45, 7) is 2.11. The van der Waals surface area contributed by atoms with Gasteiger partial charge in [-0.15, -0.1) is 11.3 Å². The number of halogens is 2. The number of nitrogens with zero attached hydrogens (tertiary/aromatic N) is 6. The molecule has 0 bridgehead atoms. The Hall–Kier alpha value is -4.69. The molecule has 4 aromatic heterocycles. The number of hydrogen-bond acceptors (Lipinski definition) is 10. The van der Waals surface area contributed by atoms with E-state index >= 15 is 0 Å². The molecule has 0 amide bonds. The van der Waals surface area contributed by atoms with E-state index < -0.39 is 16.6 Å². The first-order chi connectivity index (χ1) is 21.3. The van der Waals surface area contributed by atoms with Gasteiger partial charge >= 0.3 is 5.82 Å². The van der Waals surface area contributed by atoms with Crippen LogP contribution in [-0.2, 0) is 19.7 Å². The van der Waals surface area contributed by atoms with Gasteiger partial charge in [0.25, 0.3) is 0 Å². The summed E-state index contributed by atoms with van der Waals surface area (Å²) < 4.78 is 42.1. The topological polar surface area (TPSA) is 115 Å². The molecule has 0 N–H and O–H groups in total. The lowest BCUT2D eigenvalue weighted by atomic mass is 10.0. The quantitative estimate of drug-likeness (QED) is 0.173. The molecule has 1 fully saturated rings. The predicted molar refractivity (Wildman–Crippen MR) is 159 cm³/mol. The number of nitro groups is 1. The molecule has 44 heavy (non-hydrogen) atoms. The Morgan fingerprint density at radius 3 is 2.86 bits per heavy atom. The second-order valence-electron chi connectivity index (χ2n) is 10.8. The summed E-state index contributed by atoms with van der Waals surface area (Å²) in [5, 5.41) is 13.1. The molecule has 1 atom stereocenters. The number of methoxy groups -OCH3 is 1. The van der Waals surface area contributed by atoms with Gasteiger partial charge in [-0.25, -0.2) is 9.37 Å². The van der Waals surface area contributed by atoms with Gasteiger partial charge in [0.15, 0.2) is 23.2 Å². The van der Waals surface area contributed by atoms with Crippen molar-refractivity contribution in [3.05, 3.63) is 96.9 Å². The Bertz CT molecular complexity index is 1980. The number of rotatable bonds is 8. The first-order valence-corrected chi connectivity index (χ1v) is 14.9. The van der Waals surface area contributed by atoms with Crippen molar-refractivity contribution in [1.82, 2.24) is 19.3 Å². The summed E-state index contributed by atoms with van der Waals surface area (Å²) in [6, 6.07) is 7.77. The van der Waals surface area contributed by atoms with Crippen LogP contribution in [0.4, 0.5) is 20.3 Å². The summed E-state index contributed by atoms with van der Waals surface area (Å²) >= 11 is 1.38. The molecular formula is C30H26F2N6O5S. The molecule has 1 saturated heterocycles. The van der Waals surface area contributed by atoms with Crippen molar-refractivity contribution in [3.63, 3.8) is 0 Å². The molecule has 0 aliphatic carbocycles. The number of hydrogen-bond donors (Lipinski definition) is 0. The van der Waals surface area contributed by atoms with Gasteiger partial charge in [-0.1, -0.05) is 0 Å². The van der Waals surface area contributed by atoms with Crippen LogP contribution < -0.4 is 19.8 Å². The number of aromatic nitrogens is 3.